The molecule has 0 aliphatic carbocycles. The molecule has 30 heavy (non-hydrogen) atoms. The summed E-state index contributed by atoms with van der Waals surface area (Å²) in [5.41, 5.74) is 1.72. The zero-order valence-corrected chi connectivity index (χ0v) is 16.1. The monoisotopic (exact) mass is 404 g/mol. The van der Waals surface area contributed by atoms with Crippen molar-refractivity contribution in [3.05, 3.63) is 66.9 Å². The largest absolute Gasteiger partial charge is 0.343 e. The van der Waals surface area contributed by atoms with Gasteiger partial charge in [-0.15, -0.1) is 0 Å². The molecule has 0 radical (unpaired) electrons. The highest BCUT2D eigenvalue weighted by Gasteiger charge is 2.21. The van der Waals surface area contributed by atoms with Crippen LogP contribution >= 0.6 is 0 Å². The Hall–Kier alpha value is -4.01. The maximum absolute atomic E-state index is 12.3. The molecule has 0 saturated carbocycles. The Morgan fingerprint density at radius 3 is 2.57 bits per heavy atom. The maximum atomic E-state index is 12.3. The van der Waals surface area contributed by atoms with E-state index >= 15 is 0 Å². The highest BCUT2D eigenvalue weighted by Crippen LogP contribution is 2.21. The standard InChI is InChI=1S/C21H20N6O3/c28-19(25-16-5-8-18(23-12-16)26-11-9-22-14-26)13-24-21(30)15-3-6-17(7-4-15)27-10-1-2-20(27)29/h3-9,11-12,14H,1-2,10,13H2,(H,24,30)(H,25,28). The first-order valence-corrected chi connectivity index (χ1v) is 9.53. The minimum atomic E-state index is -0.363. The zero-order chi connectivity index (χ0) is 20.9. The molecule has 2 N–H and O–H groups in total. The number of nitrogens with zero attached hydrogens (tertiary/aromatic N) is 4. The SMILES string of the molecule is O=C(CNC(=O)c1ccc(N2CCCC2=O)cc1)Nc1ccc(-n2ccnc2)nc1. The van der Waals surface area contributed by atoms with Gasteiger partial charge in [0.25, 0.3) is 5.91 Å². The number of nitrogens with one attached hydrogen (secondary N) is 2. The van der Waals surface area contributed by atoms with E-state index in [4.69, 9.17) is 0 Å². The van der Waals surface area contributed by atoms with Gasteiger partial charge in [-0.1, -0.05) is 0 Å². The van der Waals surface area contributed by atoms with Gasteiger partial charge in [-0.2, -0.15) is 0 Å². The van der Waals surface area contributed by atoms with E-state index in [1.807, 2.05) is 0 Å². The van der Waals surface area contributed by atoms with Gasteiger partial charge in [0.15, 0.2) is 0 Å². The molecule has 1 aromatic carbocycles. The molecule has 0 atom stereocenters. The molecule has 9 heteroatoms. The van der Waals surface area contributed by atoms with Crippen LogP contribution in [0.15, 0.2) is 61.3 Å². The van der Waals surface area contributed by atoms with Gasteiger partial charge >= 0.3 is 0 Å². The summed E-state index contributed by atoms with van der Waals surface area (Å²) in [5, 5.41) is 5.27. The van der Waals surface area contributed by atoms with Crippen molar-refractivity contribution in [2.45, 2.75) is 12.8 Å². The van der Waals surface area contributed by atoms with Crippen molar-refractivity contribution < 1.29 is 14.4 Å². The maximum Gasteiger partial charge on any atom is 0.251 e. The Bertz CT molecular complexity index is 1050. The van der Waals surface area contributed by atoms with Crippen LogP contribution in [0.3, 0.4) is 0 Å². The summed E-state index contributed by atoms with van der Waals surface area (Å²) in [5.74, 6) is 0.0483. The van der Waals surface area contributed by atoms with Crippen molar-refractivity contribution in [3.8, 4) is 5.82 Å². The number of hydrogen-bond acceptors (Lipinski definition) is 5. The summed E-state index contributed by atoms with van der Waals surface area (Å²) in [6.07, 6.45) is 7.99. The van der Waals surface area contributed by atoms with E-state index in [-0.39, 0.29) is 24.3 Å². The number of imidazole rings is 1. The van der Waals surface area contributed by atoms with E-state index in [1.165, 1.54) is 6.20 Å². The molecule has 1 fully saturated rings. The van der Waals surface area contributed by atoms with Crippen molar-refractivity contribution in [1.29, 1.82) is 0 Å². The van der Waals surface area contributed by atoms with Crippen LogP contribution in [0, 0.1) is 0 Å². The molecule has 9 nitrogen and oxygen atoms in total. The van der Waals surface area contributed by atoms with Crippen molar-refractivity contribution in [3.63, 3.8) is 0 Å². The quantitative estimate of drug-likeness (QED) is 0.651. The number of benzene rings is 1. The van der Waals surface area contributed by atoms with E-state index in [9.17, 15) is 14.4 Å². The molecule has 1 aliphatic rings. The van der Waals surface area contributed by atoms with Crippen molar-refractivity contribution in [2.75, 3.05) is 23.3 Å². The van der Waals surface area contributed by atoms with Gasteiger partial charge < -0.3 is 15.5 Å². The molecule has 1 saturated heterocycles. The number of rotatable bonds is 6. The molecule has 3 aromatic rings. The van der Waals surface area contributed by atoms with Crippen LogP contribution < -0.4 is 15.5 Å². The highest BCUT2D eigenvalue weighted by molar-refractivity contribution is 6.00. The van der Waals surface area contributed by atoms with Gasteiger partial charge in [-0.25, -0.2) is 9.97 Å². The molecule has 152 valence electrons. The Balaban J connectivity index is 1.28. The van der Waals surface area contributed by atoms with E-state index in [1.54, 1.807) is 64.6 Å². The second-order valence-electron chi connectivity index (χ2n) is 6.80. The molecular formula is C21H20N6O3. The van der Waals surface area contributed by atoms with Gasteiger partial charge in [-0.05, 0) is 42.8 Å². The molecule has 3 heterocycles. The van der Waals surface area contributed by atoms with Crippen molar-refractivity contribution in [1.82, 2.24) is 19.9 Å². The fourth-order valence-corrected chi connectivity index (χ4v) is 3.19. The molecule has 0 spiro atoms. The summed E-state index contributed by atoms with van der Waals surface area (Å²) in [6, 6.07) is 10.3. The highest BCUT2D eigenvalue weighted by atomic mass is 16.2. The van der Waals surface area contributed by atoms with Gasteiger partial charge in [0.2, 0.25) is 11.8 Å². The second-order valence-corrected chi connectivity index (χ2v) is 6.80. The van der Waals surface area contributed by atoms with Crippen LogP contribution in [0.2, 0.25) is 0 Å². The predicted molar refractivity (Wildman–Crippen MR) is 110 cm³/mol. The third-order valence-corrected chi connectivity index (χ3v) is 4.72. The predicted octanol–water partition coefficient (Wildman–Crippen LogP) is 1.76. The molecular weight excluding hydrogens is 384 g/mol. The van der Waals surface area contributed by atoms with Crippen LogP contribution in [-0.4, -0.2) is 45.3 Å². The fourth-order valence-electron chi connectivity index (χ4n) is 3.19. The number of carbonyl (C=O) groups excluding carboxylic acids is 3. The minimum absolute atomic E-state index is 0.0939. The van der Waals surface area contributed by atoms with E-state index in [0.717, 1.165) is 12.1 Å². The van der Waals surface area contributed by atoms with Crippen molar-refractivity contribution >= 4 is 29.1 Å². The normalized spacial score (nSPS) is 13.3. The first-order chi connectivity index (χ1) is 14.6. The summed E-state index contributed by atoms with van der Waals surface area (Å²) >= 11 is 0. The minimum Gasteiger partial charge on any atom is -0.343 e. The van der Waals surface area contributed by atoms with Crippen molar-refractivity contribution in [2.24, 2.45) is 0 Å². The number of amides is 3. The third-order valence-electron chi connectivity index (χ3n) is 4.72. The average molecular weight is 404 g/mol. The van der Waals surface area contributed by atoms with Crippen LogP contribution in [-0.2, 0) is 9.59 Å². The smallest absolute Gasteiger partial charge is 0.251 e. The first kappa shape index (κ1) is 19.3. The van der Waals surface area contributed by atoms with Gasteiger partial charge in [0, 0.05) is 36.6 Å². The Morgan fingerprint density at radius 2 is 1.93 bits per heavy atom. The molecule has 4 rings (SSSR count). The lowest BCUT2D eigenvalue weighted by atomic mass is 10.2. The number of pyridine rings is 1. The number of anilines is 2. The average Bonchev–Trinajstić information content (AvgIpc) is 3.45. The van der Waals surface area contributed by atoms with E-state index in [0.29, 0.717) is 30.0 Å². The van der Waals surface area contributed by atoms with E-state index < -0.39 is 0 Å². The second kappa shape index (κ2) is 8.56. The molecule has 0 bridgehead atoms. The fraction of sp³-hybridized carbons (Fsp3) is 0.190. The molecule has 2 aromatic heterocycles. The number of aromatic nitrogens is 3. The van der Waals surface area contributed by atoms with Gasteiger partial charge in [0.1, 0.15) is 12.1 Å². The molecule has 1 aliphatic heterocycles. The zero-order valence-electron chi connectivity index (χ0n) is 16.1. The first-order valence-electron chi connectivity index (χ1n) is 9.53. The Morgan fingerprint density at radius 1 is 1.10 bits per heavy atom. The molecule has 3 amide bonds. The van der Waals surface area contributed by atoms with Crippen LogP contribution in [0.25, 0.3) is 5.82 Å². The van der Waals surface area contributed by atoms with Crippen LogP contribution in [0.5, 0.6) is 0 Å². The Kier molecular flexibility index (Phi) is 5.51. The summed E-state index contributed by atoms with van der Waals surface area (Å²) in [6.45, 7) is 0.525. The van der Waals surface area contributed by atoms with Gasteiger partial charge in [0.05, 0.1) is 18.4 Å². The summed E-state index contributed by atoms with van der Waals surface area (Å²) < 4.78 is 1.75. The number of hydrogen-bond donors (Lipinski definition) is 2. The number of carbonyl (C=O) groups is 3. The lowest BCUT2D eigenvalue weighted by molar-refractivity contribution is -0.117. The summed E-state index contributed by atoms with van der Waals surface area (Å²) in [4.78, 5) is 46.1. The van der Waals surface area contributed by atoms with Crippen LogP contribution in [0.1, 0.15) is 23.2 Å². The van der Waals surface area contributed by atoms with E-state index in [2.05, 4.69) is 20.6 Å². The topological polar surface area (TPSA) is 109 Å². The summed E-state index contributed by atoms with van der Waals surface area (Å²) in [7, 11) is 0. The molecule has 0 unspecified atom stereocenters. The Labute approximate surface area is 172 Å². The lowest BCUT2D eigenvalue weighted by Gasteiger charge is -2.15. The third kappa shape index (κ3) is 4.35. The van der Waals surface area contributed by atoms with Crippen LogP contribution in [0.4, 0.5) is 11.4 Å². The lowest BCUT2D eigenvalue weighted by Crippen LogP contribution is -2.33. The van der Waals surface area contributed by atoms with Gasteiger partial charge in [-0.3, -0.25) is 19.0 Å².